The highest BCUT2D eigenvalue weighted by atomic mass is 16.1. The largest absolute Gasteiger partial charge is 0.356 e. The Morgan fingerprint density at radius 2 is 1.64 bits per heavy atom. The Morgan fingerprint density at radius 3 is 2.44 bits per heavy atom. The Labute approximate surface area is 216 Å². The van der Waals surface area contributed by atoms with Gasteiger partial charge in [0.25, 0.3) is 0 Å². The maximum absolute atomic E-state index is 12.8. The van der Waals surface area contributed by atoms with Gasteiger partial charge in [0.2, 0.25) is 5.91 Å². The van der Waals surface area contributed by atoms with E-state index in [0.717, 1.165) is 58.5 Å². The van der Waals surface area contributed by atoms with Crippen LogP contribution in [0.25, 0.3) is 10.9 Å². The second-order valence-corrected chi connectivity index (χ2v) is 10.8. The van der Waals surface area contributed by atoms with Gasteiger partial charge in [-0.15, -0.1) is 0 Å². The molecular weight excluding hydrogens is 444 g/mol. The quantitative estimate of drug-likeness (QED) is 0.423. The van der Waals surface area contributed by atoms with E-state index < -0.39 is 0 Å². The Balaban J connectivity index is 1.14. The van der Waals surface area contributed by atoms with Crippen molar-refractivity contribution in [3.8, 4) is 0 Å². The molecule has 192 valence electrons. The zero-order chi connectivity index (χ0) is 24.7. The number of hydrogen-bond acceptors (Lipinski definition) is 3. The van der Waals surface area contributed by atoms with Crippen LogP contribution in [0.3, 0.4) is 0 Å². The lowest BCUT2D eigenvalue weighted by Gasteiger charge is -2.31. The second kappa shape index (κ2) is 12.1. The van der Waals surface area contributed by atoms with E-state index in [1.165, 1.54) is 60.1 Å². The molecule has 0 radical (unpaired) electrons. The third kappa shape index (κ3) is 6.19. The molecule has 2 aromatic carbocycles. The first-order valence-electron chi connectivity index (χ1n) is 14.0. The van der Waals surface area contributed by atoms with Crippen LogP contribution >= 0.6 is 0 Å². The first-order valence-corrected chi connectivity index (χ1v) is 14.0. The van der Waals surface area contributed by atoms with E-state index in [4.69, 9.17) is 0 Å². The first-order chi connectivity index (χ1) is 17.7. The monoisotopic (exact) mass is 486 g/mol. The third-order valence-electron chi connectivity index (χ3n) is 8.23. The van der Waals surface area contributed by atoms with Gasteiger partial charge in [0.15, 0.2) is 0 Å². The van der Waals surface area contributed by atoms with Crippen LogP contribution in [0.2, 0.25) is 0 Å². The lowest BCUT2D eigenvalue weighted by molar-refractivity contribution is -0.126. The van der Waals surface area contributed by atoms with Gasteiger partial charge in [-0.2, -0.15) is 0 Å². The fourth-order valence-electron chi connectivity index (χ4n) is 5.97. The van der Waals surface area contributed by atoms with Crippen LogP contribution in [0.15, 0.2) is 54.6 Å². The number of aromatic nitrogens is 1. The topological polar surface area (TPSA) is 40.5 Å². The molecule has 1 aromatic heterocycles. The Bertz CT molecular complexity index is 1140. The van der Waals surface area contributed by atoms with Crippen LogP contribution in [0.1, 0.15) is 55.3 Å². The van der Waals surface area contributed by atoms with Crippen LogP contribution in [0, 0.1) is 12.8 Å². The SMILES string of the molecule is Cc1ccccc1Cn1c(CN2CCC(C(=O)NCCCN3CCCCC3)CC2)cc2ccccc21. The van der Waals surface area contributed by atoms with Gasteiger partial charge >= 0.3 is 0 Å². The van der Waals surface area contributed by atoms with E-state index in [0.29, 0.717) is 0 Å². The van der Waals surface area contributed by atoms with Crippen LogP contribution in [0.4, 0.5) is 0 Å². The summed E-state index contributed by atoms with van der Waals surface area (Å²) >= 11 is 0. The number of fused-ring (bicyclic) bond motifs is 1. The number of hydrogen-bond donors (Lipinski definition) is 1. The van der Waals surface area contributed by atoms with Crippen molar-refractivity contribution < 1.29 is 4.79 Å². The van der Waals surface area contributed by atoms with Crippen LogP contribution in [-0.4, -0.2) is 59.5 Å². The van der Waals surface area contributed by atoms with Gasteiger partial charge in [-0.25, -0.2) is 0 Å². The molecule has 2 fully saturated rings. The summed E-state index contributed by atoms with van der Waals surface area (Å²) in [5, 5.41) is 4.53. The van der Waals surface area contributed by atoms with Gasteiger partial charge in [-0.05, 0) is 100 Å². The zero-order valence-electron chi connectivity index (χ0n) is 21.9. The molecule has 0 saturated carbocycles. The molecule has 1 amide bonds. The predicted octanol–water partition coefficient (Wildman–Crippen LogP) is 5.20. The first kappa shape index (κ1) is 25.0. The average Bonchev–Trinajstić information content (AvgIpc) is 3.25. The summed E-state index contributed by atoms with van der Waals surface area (Å²) in [5.74, 6) is 0.427. The highest BCUT2D eigenvalue weighted by Crippen LogP contribution is 2.25. The number of piperidine rings is 2. The molecule has 1 N–H and O–H groups in total. The normalized spacial score (nSPS) is 18.0. The smallest absolute Gasteiger partial charge is 0.223 e. The van der Waals surface area contributed by atoms with Crippen molar-refractivity contribution in [3.63, 3.8) is 0 Å². The number of amides is 1. The van der Waals surface area contributed by atoms with E-state index in [1.54, 1.807) is 0 Å². The summed E-state index contributed by atoms with van der Waals surface area (Å²) < 4.78 is 2.48. The predicted molar refractivity (Wildman–Crippen MR) is 148 cm³/mol. The standard InChI is InChI=1S/C31H42N4O/c1-25-10-3-4-12-28(25)23-35-29(22-27-11-5-6-13-30(27)35)24-34-20-14-26(15-21-34)31(36)32-16-9-19-33-17-7-2-8-18-33/h3-6,10-13,22,26H,2,7-9,14-21,23-24H2,1H3,(H,32,36). The van der Waals surface area contributed by atoms with Crippen molar-refractivity contribution in [2.75, 3.05) is 39.3 Å². The van der Waals surface area contributed by atoms with Crippen molar-refractivity contribution in [2.45, 2.75) is 58.5 Å². The Kier molecular flexibility index (Phi) is 8.40. The second-order valence-electron chi connectivity index (χ2n) is 10.8. The lowest BCUT2D eigenvalue weighted by atomic mass is 9.95. The molecule has 5 heteroatoms. The fraction of sp³-hybridized carbons (Fsp3) is 0.516. The lowest BCUT2D eigenvalue weighted by Crippen LogP contribution is -2.41. The van der Waals surface area contributed by atoms with Crippen LogP contribution < -0.4 is 5.32 Å². The van der Waals surface area contributed by atoms with Crippen LogP contribution in [0.5, 0.6) is 0 Å². The minimum Gasteiger partial charge on any atom is -0.356 e. The highest BCUT2D eigenvalue weighted by Gasteiger charge is 2.25. The summed E-state index contributed by atoms with van der Waals surface area (Å²) in [6, 6.07) is 19.8. The summed E-state index contributed by atoms with van der Waals surface area (Å²) in [6.45, 7) is 10.4. The molecule has 0 unspecified atom stereocenters. The van der Waals surface area contributed by atoms with Gasteiger partial charge in [0, 0.05) is 36.8 Å². The number of aryl methyl sites for hydroxylation is 1. The maximum Gasteiger partial charge on any atom is 0.223 e. The average molecular weight is 487 g/mol. The molecule has 3 aromatic rings. The Hall–Kier alpha value is -2.63. The Morgan fingerprint density at radius 1 is 0.889 bits per heavy atom. The number of benzene rings is 2. The summed E-state index contributed by atoms with van der Waals surface area (Å²) in [4.78, 5) is 17.9. The number of nitrogens with zero attached hydrogens (tertiary/aromatic N) is 3. The number of carbonyl (C=O) groups excluding carboxylic acids is 1. The maximum atomic E-state index is 12.8. The minimum atomic E-state index is 0.161. The zero-order valence-corrected chi connectivity index (χ0v) is 21.9. The molecule has 2 aliphatic heterocycles. The van der Waals surface area contributed by atoms with Crippen molar-refractivity contribution in [1.29, 1.82) is 0 Å². The highest BCUT2D eigenvalue weighted by molar-refractivity contribution is 5.81. The molecule has 0 bridgehead atoms. The van der Waals surface area contributed by atoms with E-state index >= 15 is 0 Å². The van der Waals surface area contributed by atoms with Gasteiger partial charge in [-0.3, -0.25) is 9.69 Å². The molecule has 0 atom stereocenters. The number of rotatable bonds is 9. The van der Waals surface area contributed by atoms with Gasteiger partial charge in [0.1, 0.15) is 0 Å². The summed E-state index contributed by atoms with van der Waals surface area (Å²) in [6.07, 6.45) is 7.01. The molecular formula is C31H42N4O. The van der Waals surface area contributed by atoms with Crippen molar-refractivity contribution in [2.24, 2.45) is 5.92 Å². The molecule has 2 saturated heterocycles. The summed E-state index contributed by atoms with van der Waals surface area (Å²) in [5.41, 5.74) is 5.37. The third-order valence-corrected chi connectivity index (χ3v) is 8.23. The number of carbonyl (C=O) groups is 1. The molecule has 36 heavy (non-hydrogen) atoms. The molecule has 0 spiro atoms. The molecule has 5 nitrogen and oxygen atoms in total. The van der Waals surface area contributed by atoms with E-state index in [2.05, 4.69) is 81.2 Å². The molecule has 5 rings (SSSR count). The van der Waals surface area contributed by atoms with Crippen molar-refractivity contribution in [1.82, 2.24) is 19.7 Å². The van der Waals surface area contributed by atoms with Gasteiger partial charge in [0.05, 0.1) is 0 Å². The number of para-hydroxylation sites is 1. The van der Waals surface area contributed by atoms with E-state index in [9.17, 15) is 4.79 Å². The van der Waals surface area contributed by atoms with Crippen LogP contribution in [-0.2, 0) is 17.9 Å². The van der Waals surface area contributed by atoms with E-state index in [-0.39, 0.29) is 11.8 Å². The number of likely N-dealkylation sites (tertiary alicyclic amines) is 2. The van der Waals surface area contributed by atoms with Gasteiger partial charge in [-0.1, -0.05) is 48.9 Å². The molecule has 3 heterocycles. The molecule has 2 aliphatic rings. The van der Waals surface area contributed by atoms with E-state index in [1.807, 2.05) is 0 Å². The summed E-state index contributed by atoms with van der Waals surface area (Å²) in [7, 11) is 0. The van der Waals surface area contributed by atoms with Crippen molar-refractivity contribution in [3.05, 3.63) is 71.4 Å². The fourth-order valence-corrected chi connectivity index (χ4v) is 5.97. The number of nitrogens with one attached hydrogen (secondary N) is 1. The molecule has 0 aliphatic carbocycles. The van der Waals surface area contributed by atoms with Gasteiger partial charge < -0.3 is 14.8 Å². The minimum absolute atomic E-state index is 0.161. The van der Waals surface area contributed by atoms with Crippen molar-refractivity contribution >= 4 is 16.8 Å².